The summed E-state index contributed by atoms with van der Waals surface area (Å²) in [5.41, 5.74) is 15.9. The Morgan fingerprint density at radius 2 is 0.688 bits per heavy atom. The molecule has 8 aromatic carbocycles. The van der Waals surface area contributed by atoms with Crippen LogP contribution in [0.25, 0.3) is 21.5 Å². The Bertz CT molecular complexity index is 2420. The van der Waals surface area contributed by atoms with Gasteiger partial charge >= 0.3 is 0 Å². The van der Waals surface area contributed by atoms with E-state index in [0.717, 1.165) is 0 Å². The molecule has 0 aliphatic carbocycles. The molecular formula is C44H28B2N2. The van der Waals surface area contributed by atoms with Gasteiger partial charge in [-0.05, 0) is 91.9 Å². The van der Waals surface area contributed by atoms with Crippen LogP contribution in [0.1, 0.15) is 0 Å². The molecule has 0 saturated carbocycles. The van der Waals surface area contributed by atoms with E-state index in [-0.39, 0.29) is 13.4 Å². The average Bonchev–Trinajstić information content (AvgIpc) is 3.16. The Kier molecular flexibility index (Phi) is 5.31. The highest BCUT2D eigenvalue weighted by atomic mass is 15.2. The summed E-state index contributed by atoms with van der Waals surface area (Å²) in [7, 11) is 0. The fourth-order valence-electron chi connectivity index (χ4n) is 9.10. The number of benzene rings is 8. The molecule has 0 spiro atoms. The number of fused-ring (bicyclic) bond motifs is 10. The molecule has 0 radical (unpaired) electrons. The van der Waals surface area contributed by atoms with Gasteiger partial charge in [-0.2, -0.15) is 0 Å². The van der Waals surface area contributed by atoms with E-state index >= 15 is 0 Å². The molecule has 220 valence electrons. The van der Waals surface area contributed by atoms with Crippen molar-refractivity contribution in [2.24, 2.45) is 0 Å². The molecule has 0 saturated heterocycles. The van der Waals surface area contributed by atoms with Crippen LogP contribution >= 0.6 is 0 Å². The number of nitrogens with zero attached hydrogens (tertiary/aromatic N) is 2. The van der Waals surface area contributed by atoms with Crippen LogP contribution in [-0.4, -0.2) is 13.4 Å². The summed E-state index contributed by atoms with van der Waals surface area (Å²) in [6.45, 7) is 0.157. The molecule has 0 unspecified atom stereocenters. The number of rotatable bonds is 2. The predicted octanol–water partition coefficient (Wildman–Crippen LogP) is 6.91. The van der Waals surface area contributed by atoms with E-state index in [1.807, 2.05) is 0 Å². The fourth-order valence-corrected chi connectivity index (χ4v) is 9.10. The first kappa shape index (κ1) is 26.1. The van der Waals surface area contributed by atoms with Crippen molar-refractivity contribution in [3.05, 3.63) is 170 Å². The lowest BCUT2D eigenvalue weighted by Crippen LogP contribution is -2.78. The van der Waals surface area contributed by atoms with Crippen molar-refractivity contribution in [3.63, 3.8) is 0 Å². The van der Waals surface area contributed by atoms with Gasteiger partial charge in [-0.3, -0.25) is 0 Å². The van der Waals surface area contributed by atoms with Gasteiger partial charge in [0.25, 0.3) is 0 Å². The van der Waals surface area contributed by atoms with Crippen molar-refractivity contribution >= 4 is 102 Å². The van der Waals surface area contributed by atoms with Crippen molar-refractivity contribution in [2.45, 2.75) is 0 Å². The molecule has 0 aromatic heterocycles. The summed E-state index contributed by atoms with van der Waals surface area (Å²) < 4.78 is 0. The van der Waals surface area contributed by atoms with Gasteiger partial charge < -0.3 is 9.80 Å². The van der Waals surface area contributed by atoms with Gasteiger partial charge in [0.1, 0.15) is 0 Å². The second-order valence-electron chi connectivity index (χ2n) is 13.2. The first-order valence-corrected chi connectivity index (χ1v) is 16.9. The Morgan fingerprint density at radius 1 is 0.312 bits per heavy atom. The highest BCUT2D eigenvalue weighted by molar-refractivity contribution is 7.15. The maximum Gasteiger partial charge on any atom is 0.246 e. The fraction of sp³-hybridized carbons (Fsp3) is 0. The molecule has 0 N–H and O–H groups in total. The molecule has 0 fully saturated rings. The summed E-state index contributed by atoms with van der Waals surface area (Å²) >= 11 is 0. The smallest absolute Gasteiger partial charge is 0.246 e. The predicted molar refractivity (Wildman–Crippen MR) is 207 cm³/mol. The molecule has 3 aliphatic heterocycles. The number of para-hydroxylation sites is 4. The first-order valence-electron chi connectivity index (χ1n) is 16.9. The van der Waals surface area contributed by atoms with E-state index < -0.39 is 0 Å². The van der Waals surface area contributed by atoms with Crippen LogP contribution < -0.4 is 42.6 Å². The van der Waals surface area contributed by atoms with E-state index in [4.69, 9.17) is 0 Å². The van der Waals surface area contributed by atoms with Crippen LogP contribution in [0.2, 0.25) is 0 Å². The van der Waals surface area contributed by atoms with Gasteiger partial charge in [-0.15, -0.1) is 0 Å². The molecule has 8 aromatic rings. The Morgan fingerprint density at radius 3 is 1.15 bits per heavy atom. The van der Waals surface area contributed by atoms with Crippen molar-refractivity contribution < 1.29 is 0 Å². The van der Waals surface area contributed by atoms with E-state index in [1.54, 1.807) is 0 Å². The molecule has 0 amide bonds. The highest BCUT2D eigenvalue weighted by Gasteiger charge is 2.50. The molecule has 4 heteroatoms. The van der Waals surface area contributed by atoms with Crippen molar-refractivity contribution in [1.82, 2.24) is 0 Å². The van der Waals surface area contributed by atoms with Gasteiger partial charge in [0.15, 0.2) is 0 Å². The van der Waals surface area contributed by atoms with E-state index in [2.05, 4.69) is 180 Å². The number of hydrogen-bond donors (Lipinski definition) is 0. The number of anilines is 6. The second-order valence-corrected chi connectivity index (χ2v) is 13.2. The lowest BCUT2D eigenvalue weighted by Gasteiger charge is -2.47. The normalized spacial score (nSPS) is 13.7. The molecule has 3 aliphatic rings. The van der Waals surface area contributed by atoms with Crippen molar-refractivity contribution in [3.8, 4) is 0 Å². The molecule has 3 heterocycles. The topological polar surface area (TPSA) is 6.48 Å². The zero-order chi connectivity index (χ0) is 31.3. The van der Waals surface area contributed by atoms with Crippen molar-refractivity contribution in [2.75, 3.05) is 9.80 Å². The van der Waals surface area contributed by atoms with Crippen LogP contribution in [0, 0.1) is 0 Å². The van der Waals surface area contributed by atoms with E-state index in [0.29, 0.717) is 0 Å². The number of hydrogen-bond acceptors (Lipinski definition) is 2. The lowest BCUT2D eigenvalue weighted by atomic mass is 9.19. The summed E-state index contributed by atoms with van der Waals surface area (Å²) in [4.78, 5) is 5.03. The molecule has 0 atom stereocenters. The first-order chi connectivity index (χ1) is 23.9. The highest BCUT2D eigenvalue weighted by Crippen LogP contribution is 2.41. The maximum atomic E-state index is 2.51. The zero-order valence-electron chi connectivity index (χ0n) is 26.2. The van der Waals surface area contributed by atoms with Gasteiger partial charge in [0, 0.05) is 34.1 Å². The average molecular weight is 606 g/mol. The molecular weight excluding hydrogens is 578 g/mol. The van der Waals surface area contributed by atoms with Crippen LogP contribution in [0.5, 0.6) is 0 Å². The minimum absolute atomic E-state index is 0.0785. The Balaban J connectivity index is 1.37. The Labute approximate surface area is 280 Å². The molecule has 48 heavy (non-hydrogen) atoms. The quantitative estimate of drug-likeness (QED) is 0.198. The third kappa shape index (κ3) is 3.39. The minimum Gasteiger partial charge on any atom is -0.312 e. The third-order valence-electron chi connectivity index (χ3n) is 10.9. The van der Waals surface area contributed by atoms with Crippen LogP contribution in [0.3, 0.4) is 0 Å². The maximum absolute atomic E-state index is 2.51. The molecule has 11 rings (SSSR count). The van der Waals surface area contributed by atoms with Crippen molar-refractivity contribution in [1.29, 1.82) is 0 Å². The monoisotopic (exact) mass is 606 g/mol. The molecule has 2 nitrogen and oxygen atoms in total. The van der Waals surface area contributed by atoms with E-state index in [9.17, 15) is 0 Å². The summed E-state index contributed by atoms with van der Waals surface area (Å²) in [6.07, 6.45) is 0. The lowest BCUT2D eigenvalue weighted by molar-refractivity contribution is 1.29. The third-order valence-corrected chi connectivity index (χ3v) is 10.9. The van der Waals surface area contributed by atoms with E-state index in [1.165, 1.54) is 88.4 Å². The van der Waals surface area contributed by atoms with Gasteiger partial charge in [0.05, 0.1) is 0 Å². The summed E-state index contributed by atoms with van der Waals surface area (Å²) in [5, 5.41) is 5.23. The molecule has 0 bridgehead atoms. The van der Waals surface area contributed by atoms with Gasteiger partial charge in [-0.1, -0.05) is 132 Å². The van der Waals surface area contributed by atoms with Gasteiger partial charge in [-0.25, -0.2) is 0 Å². The van der Waals surface area contributed by atoms with Gasteiger partial charge in [0.2, 0.25) is 13.4 Å². The largest absolute Gasteiger partial charge is 0.312 e. The SMILES string of the molecule is c1ccc(N2c3ccccc3B3c4c2cc2ccccc2c4B2c4ccccc4N(c4ccccc4)c4cc5ccccc5c3c42)cc1. The second kappa shape index (κ2) is 9.76. The van der Waals surface area contributed by atoms with Crippen LogP contribution in [0.4, 0.5) is 34.1 Å². The Hall–Kier alpha value is -5.99. The van der Waals surface area contributed by atoms with Crippen LogP contribution in [-0.2, 0) is 0 Å². The summed E-state index contributed by atoms with van der Waals surface area (Å²) in [5.74, 6) is 0. The minimum atomic E-state index is 0.0785. The standard InChI is InChI=1S/C44H28B2N2/c1-3-17-31(18-4-1)47-37-25-13-11-23-35(37)45-42-34-22-10-8-16-30(34)28-40-44(42)46(41-33-21-9-7-15-29(33)27-39(47)43(41)45)36-24-12-14-26-38(36)48(40)32-19-5-2-6-20-32/h1-28H. The summed E-state index contributed by atoms with van der Waals surface area (Å²) in [6, 6.07) is 63.0. The zero-order valence-corrected chi connectivity index (χ0v) is 26.2. The van der Waals surface area contributed by atoms with Crippen LogP contribution in [0.15, 0.2) is 170 Å².